The van der Waals surface area contributed by atoms with Crippen molar-refractivity contribution < 1.29 is 18.8 Å². The van der Waals surface area contributed by atoms with Crippen molar-refractivity contribution in [2.75, 3.05) is 25.7 Å². The van der Waals surface area contributed by atoms with Crippen LogP contribution in [0.2, 0.25) is 0 Å². The fourth-order valence-electron chi connectivity index (χ4n) is 3.02. The molecular weight excluding hydrogens is 354 g/mol. The summed E-state index contributed by atoms with van der Waals surface area (Å²) in [5, 5.41) is 6.00. The summed E-state index contributed by atoms with van der Waals surface area (Å²) in [7, 11) is 3.16. The highest BCUT2D eigenvalue weighted by Gasteiger charge is 2.36. The van der Waals surface area contributed by atoms with Crippen LogP contribution >= 0.6 is 11.3 Å². The molecule has 3 heterocycles. The van der Waals surface area contributed by atoms with E-state index in [1.165, 1.54) is 0 Å². The van der Waals surface area contributed by atoms with Gasteiger partial charge in [0.1, 0.15) is 11.5 Å². The Morgan fingerprint density at radius 3 is 2.88 bits per heavy atom. The smallest absolute Gasteiger partial charge is 0.232 e. The molecule has 1 aliphatic rings. The molecule has 7 nitrogen and oxygen atoms in total. The van der Waals surface area contributed by atoms with E-state index in [0.29, 0.717) is 41.9 Å². The summed E-state index contributed by atoms with van der Waals surface area (Å²) >= 11 is 1.55. The summed E-state index contributed by atoms with van der Waals surface area (Å²) in [5.41, 5.74) is 0.707. The zero-order valence-corrected chi connectivity index (χ0v) is 15.2. The van der Waals surface area contributed by atoms with Crippen LogP contribution in [0.25, 0.3) is 10.7 Å². The summed E-state index contributed by atoms with van der Waals surface area (Å²) in [5.74, 6) is 2.15. The van der Waals surface area contributed by atoms with Crippen LogP contribution in [0.4, 0.5) is 5.69 Å². The van der Waals surface area contributed by atoms with Gasteiger partial charge in [-0.3, -0.25) is 4.79 Å². The largest absolute Gasteiger partial charge is 0.497 e. The number of carbonyl (C=O) groups excluding carboxylic acids is 1. The summed E-state index contributed by atoms with van der Waals surface area (Å²) in [6.45, 7) is 0.466. The molecule has 8 heteroatoms. The Labute approximate surface area is 154 Å². The number of aromatic nitrogens is 2. The van der Waals surface area contributed by atoms with Gasteiger partial charge in [0.2, 0.25) is 17.6 Å². The number of benzene rings is 1. The van der Waals surface area contributed by atoms with Gasteiger partial charge >= 0.3 is 0 Å². The molecule has 0 radical (unpaired) electrons. The van der Waals surface area contributed by atoms with Crippen LogP contribution in [-0.2, 0) is 4.79 Å². The molecule has 0 bridgehead atoms. The summed E-state index contributed by atoms with van der Waals surface area (Å²) in [6.07, 6.45) is 0.321. The topological polar surface area (TPSA) is 77.7 Å². The van der Waals surface area contributed by atoms with Crippen LogP contribution < -0.4 is 14.4 Å². The van der Waals surface area contributed by atoms with Gasteiger partial charge < -0.3 is 18.9 Å². The number of ether oxygens (including phenoxy) is 2. The minimum atomic E-state index is -0.143. The number of carbonyl (C=O) groups is 1. The number of rotatable bonds is 5. The van der Waals surface area contributed by atoms with Crippen LogP contribution in [0.15, 0.2) is 40.2 Å². The summed E-state index contributed by atoms with van der Waals surface area (Å²) < 4.78 is 16.0. The third-order valence-corrected chi connectivity index (χ3v) is 5.20. The average Bonchev–Trinajstić information content (AvgIpc) is 3.41. The highest BCUT2D eigenvalue weighted by Crippen LogP contribution is 2.38. The molecule has 26 heavy (non-hydrogen) atoms. The van der Waals surface area contributed by atoms with Gasteiger partial charge in [0.15, 0.2) is 0 Å². The predicted octanol–water partition coefficient (Wildman–Crippen LogP) is 3.34. The molecule has 1 aliphatic heterocycles. The molecule has 1 aromatic carbocycles. The standard InChI is InChI=1S/C18H17N3O4S/c1-23-12-5-6-13(14(9-12)24-2)21-10-11(8-16(21)22)18-19-17(20-25-18)15-4-3-7-26-15/h3-7,9,11H,8,10H2,1-2H3. The highest BCUT2D eigenvalue weighted by atomic mass is 32.1. The van der Waals surface area contributed by atoms with Crippen LogP contribution in [-0.4, -0.2) is 36.8 Å². The van der Waals surface area contributed by atoms with Crippen molar-refractivity contribution in [3.63, 3.8) is 0 Å². The van der Waals surface area contributed by atoms with E-state index in [0.717, 1.165) is 4.88 Å². The van der Waals surface area contributed by atoms with Gasteiger partial charge in [-0.05, 0) is 23.6 Å². The van der Waals surface area contributed by atoms with E-state index >= 15 is 0 Å². The lowest BCUT2D eigenvalue weighted by atomic mass is 10.1. The molecule has 0 spiro atoms. The minimum Gasteiger partial charge on any atom is -0.497 e. The van der Waals surface area contributed by atoms with Gasteiger partial charge in [-0.2, -0.15) is 4.98 Å². The summed E-state index contributed by atoms with van der Waals surface area (Å²) in [6, 6.07) is 9.26. The van der Waals surface area contributed by atoms with Gasteiger partial charge in [0.05, 0.1) is 30.7 Å². The fraction of sp³-hybridized carbons (Fsp3) is 0.278. The summed E-state index contributed by atoms with van der Waals surface area (Å²) in [4.78, 5) is 19.7. The number of amides is 1. The molecule has 0 N–H and O–H groups in total. The van der Waals surface area contributed by atoms with Crippen molar-refractivity contribution >= 4 is 22.9 Å². The van der Waals surface area contributed by atoms with Crippen LogP contribution in [0.3, 0.4) is 0 Å². The number of methoxy groups -OCH3 is 2. The zero-order chi connectivity index (χ0) is 18.1. The highest BCUT2D eigenvalue weighted by molar-refractivity contribution is 7.13. The molecule has 3 aromatic rings. The number of nitrogens with zero attached hydrogens (tertiary/aromatic N) is 3. The van der Waals surface area contributed by atoms with Crippen molar-refractivity contribution in [3.8, 4) is 22.2 Å². The Morgan fingerprint density at radius 2 is 2.15 bits per heavy atom. The first kappa shape index (κ1) is 16.6. The molecule has 134 valence electrons. The van der Waals surface area contributed by atoms with Gasteiger partial charge in [0, 0.05) is 19.0 Å². The van der Waals surface area contributed by atoms with E-state index in [9.17, 15) is 4.79 Å². The molecule has 0 saturated carbocycles. The molecule has 0 aliphatic carbocycles. The van der Waals surface area contributed by atoms with E-state index < -0.39 is 0 Å². The Bertz CT molecular complexity index is 922. The van der Waals surface area contributed by atoms with Crippen LogP contribution in [0.5, 0.6) is 11.5 Å². The normalized spacial score (nSPS) is 16.9. The monoisotopic (exact) mass is 371 g/mol. The number of thiophene rings is 1. The third kappa shape index (κ3) is 2.92. The first-order valence-corrected chi connectivity index (χ1v) is 8.97. The SMILES string of the molecule is COc1ccc(N2CC(c3nc(-c4cccs4)no3)CC2=O)c(OC)c1. The quantitative estimate of drug-likeness (QED) is 0.685. The molecule has 1 atom stereocenters. The van der Waals surface area contributed by atoms with E-state index in [4.69, 9.17) is 14.0 Å². The van der Waals surface area contributed by atoms with Gasteiger partial charge in [-0.25, -0.2) is 0 Å². The number of anilines is 1. The lowest BCUT2D eigenvalue weighted by molar-refractivity contribution is -0.117. The average molecular weight is 371 g/mol. The van der Waals surface area contributed by atoms with Crippen molar-refractivity contribution in [1.29, 1.82) is 0 Å². The van der Waals surface area contributed by atoms with Crippen LogP contribution in [0.1, 0.15) is 18.2 Å². The van der Waals surface area contributed by atoms with E-state index in [2.05, 4.69) is 10.1 Å². The third-order valence-electron chi connectivity index (χ3n) is 4.34. The second-order valence-electron chi connectivity index (χ2n) is 5.88. The molecule has 1 amide bonds. The van der Waals surface area contributed by atoms with E-state index in [1.54, 1.807) is 42.6 Å². The van der Waals surface area contributed by atoms with Crippen molar-refractivity contribution in [3.05, 3.63) is 41.6 Å². The maximum absolute atomic E-state index is 12.6. The Kier molecular flexibility index (Phi) is 4.34. The van der Waals surface area contributed by atoms with Crippen molar-refractivity contribution in [2.24, 2.45) is 0 Å². The molecule has 2 aromatic heterocycles. The maximum Gasteiger partial charge on any atom is 0.232 e. The predicted molar refractivity (Wildman–Crippen MR) is 96.9 cm³/mol. The maximum atomic E-state index is 12.6. The fourth-order valence-corrected chi connectivity index (χ4v) is 3.67. The lowest BCUT2D eigenvalue weighted by Crippen LogP contribution is -2.24. The Hall–Kier alpha value is -2.87. The van der Waals surface area contributed by atoms with Gasteiger partial charge in [0.25, 0.3) is 0 Å². The Balaban J connectivity index is 1.58. The van der Waals surface area contributed by atoms with Gasteiger partial charge in [-0.15, -0.1) is 11.3 Å². The Morgan fingerprint density at radius 1 is 1.27 bits per heavy atom. The number of hydrogen-bond donors (Lipinski definition) is 0. The lowest BCUT2D eigenvalue weighted by Gasteiger charge is -2.19. The molecule has 1 fully saturated rings. The van der Waals surface area contributed by atoms with E-state index in [-0.39, 0.29) is 11.8 Å². The molecule has 1 unspecified atom stereocenters. The first-order chi connectivity index (χ1) is 12.7. The van der Waals surface area contributed by atoms with Gasteiger partial charge in [-0.1, -0.05) is 11.2 Å². The zero-order valence-electron chi connectivity index (χ0n) is 14.3. The first-order valence-electron chi connectivity index (χ1n) is 8.09. The second-order valence-corrected chi connectivity index (χ2v) is 6.82. The molecule has 1 saturated heterocycles. The number of hydrogen-bond acceptors (Lipinski definition) is 7. The minimum absolute atomic E-state index is 0.00524. The van der Waals surface area contributed by atoms with Crippen molar-refractivity contribution in [2.45, 2.75) is 12.3 Å². The van der Waals surface area contributed by atoms with Crippen LogP contribution in [0, 0.1) is 0 Å². The molecule has 4 rings (SSSR count). The molecular formula is C18H17N3O4S. The second kappa shape index (κ2) is 6.80. The van der Waals surface area contributed by atoms with Crippen molar-refractivity contribution in [1.82, 2.24) is 10.1 Å². The van der Waals surface area contributed by atoms with E-state index in [1.807, 2.05) is 23.6 Å².